The topological polar surface area (TPSA) is 55.4 Å². The molecular weight excluding hydrogens is 268 g/mol. The van der Waals surface area contributed by atoms with Gasteiger partial charge in [-0.15, -0.1) is 0 Å². The average Bonchev–Trinajstić information content (AvgIpc) is 2.41. The molecular formula is C14H17F2NO3. The summed E-state index contributed by atoms with van der Waals surface area (Å²) in [5.74, 6) is -2.86. The predicted molar refractivity (Wildman–Crippen MR) is 69.5 cm³/mol. The van der Waals surface area contributed by atoms with Crippen molar-refractivity contribution in [2.24, 2.45) is 0 Å². The third-order valence-electron chi connectivity index (χ3n) is 2.57. The molecule has 1 rings (SSSR count). The molecule has 1 aromatic carbocycles. The van der Waals surface area contributed by atoms with Crippen molar-refractivity contribution < 1.29 is 23.1 Å². The third-order valence-corrected chi connectivity index (χ3v) is 2.57. The molecule has 0 heterocycles. The number of amides is 1. The van der Waals surface area contributed by atoms with Crippen molar-refractivity contribution in [2.45, 2.75) is 38.3 Å². The van der Waals surface area contributed by atoms with Gasteiger partial charge >= 0.3 is 6.09 Å². The number of alkyl halides is 2. The van der Waals surface area contributed by atoms with Gasteiger partial charge in [-0.05, 0) is 18.9 Å². The molecule has 0 radical (unpaired) electrons. The van der Waals surface area contributed by atoms with Crippen LogP contribution in [0.2, 0.25) is 0 Å². The minimum atomic E-state index is -2.86. The number of rotatable bonds is 7. The first kappa shape index (κ1) is 16.1. The van der Waals surface area contributed by atoms with Gasteiger partial charge in [0.1, 0.15) is 12.9 Å². The summed E-state index contributed by atoms with van der Waals surface area (Å²) in [6, 6.07) is 8.02. The van der Waals surface area contributed by atoms with Crippen LogP contribution in [0.15, 0.2) is 30.3 Å². The molecule has 0 fully saturated rings. The highest BCUT2D eigenvalue weighted by atomic mass is 19.3. The molecule has 0 aliphatic rings. The van der Waals surface area contributed by atoms with Gasteiger partial charge in [0.05, 0.1) is 6.04 Å². The molecule has 6 heteroatoms. The third kappa shape index (κ3) is 6.82. The summed E-state index contributed by atoms with van der Waals surface area (Å²) < 4.78 is 30.2. The van der Waals surface area contributed by atoms with E-state index in [4.69, 9.17) is 4.74 Å². The van der Waals surface area contributed by atoms with Gasteiger partial charge in [-0.1, -0.05) is 30.3 Å². The van der Waals surface area contributed by atoms with Gasteiger partial charge in [0, 0.05) is 6.42 Å². The van der Waals surface area contributed by atoms with E-state index in [0.29, 0.717) is 6.29 Å². The van der Waals surface area contributed by atoms with Crippen LogP contribution in [0, 0.1) is 0 Å². The summed E-state index contributed by atoms with van der Waals surface area (Å²) in [6.07, 6.45) is -0.983. The number of nitrogens with one attached hydrogen (secondary N) is 1. The molecule has 4 nitrogen and oxygen atoms in total. The second-order valence-corrected chi connectivity index (χ2v) is 4.56. The Morgan fingerprint density at radius 3 is 2.60 bits per heavy atom. The smallest absolute Gasteiger partial charge is 0.408 e. The Morgan fingerprint density at radius 1 is 1.40 bits per heavy atom. The molecule has 0 aliphatic heterocycles. The van der Waals surface area contributed by atoms with Gasteiger partial charge < -0.3 is 14.8 Å². The number of benzene rings is 1. The SMILES string of the molecule is CC(F)(F)CCC(C=O)NC(=O)OCc1ccccc1. The number of carbonyl (C=O) groups excluding carboxylic acids is 2. The molecule has 20 heavy (non-hydrogen) atoms. The highest BCUT2D eigenvalue weighted by Crippen LogP contribution is 2.19. The summed E-state index contributed by atoms with van der Waals surface area (Å²) in [7, 11) is 0. The van der Waals surface area contributed by atoms with E-state index in [1.807, 2.05) is 6.07 Å². The summed E-state index contributed by atoms with van der Waals surface area (Å²) >= 11 is 0. The van der Waals surface area contributed by atoms with E-state index in [2.05, 4.69) is 5.32 Å². The summed E-state index contributed by atoms with van der Waals surface area (Å²) in [4.78, 5) is 22.1. The fraction of sp³-hybridized carbons (Fsp3) is 0.429. The maximum Gasteiger partial charge on any atom is 0.408 e. The predicted octanol–water partition coefficient (Wildman–Crippen LogP) is 2.92. The van der Waals surface area contributed by atoms with Gasteiger partial charge in [0.15, 0.2) is 0 Å². The first-order valence-corrected chi connectivity index (χ1v) is 6.21. The van der Waals surface area contributed by atoms with Crippen LogP contribution in [0.1, 0.15) is 25.3 Å². The van der Waals surface area contributed by atoms with Crippen molar-refractivity contribution in [3.63, 3.8) is 0 Å². The van der Waals surface area contributed by atoms with E-state index in [-0.39, 0.29) is 13.0 Å². The van der Waals surface area contributed by atoms with Gasteiger partial charge in [0.25, 0.3) is 0 Å². The Balaban J connectivity index is 2.34. The lowest BCUT2D eigenvalue weighted by Gasteiger charge is -2.15. The molecule has 0 aromatic heterocycles. The van der Waals surface area contributed by atoms with E-state index in [9.17, 15) is 18.4 Å². The van der Waals surface area contributed by atoms with Crippen molar-refractivity contribution in [1.82, 2.24) is 5.32 Å². The first-order chi connectivity index (χ1) is 9.40. The molecule has 110 valence electrons. The number of aldehydes is 1. The normalized spacial score (nSPS) is 12.6. The van der Waals surface area contributed by atoms with E-state index in [0.717, 1.165) is 12.5 Å². The van der Waals surface area contributed by atoms with Crippen molar-refractivity contribution in [2.75, 3.05) is 0 Å². The molecule has 0 spiro atoms. The molecule has 1 unspecified atom stereocenters. The van der Waals surface area contributed by atoms with Crippen molar-refractivity contribution in [3.8, 4) is 0 Å². The van der Waals surface area contributed by atoms with Crippen LogP contribution in [-0.2, 0) is 16.1 Å². The molecule has 1 aromatic rings. The maximum atomic E-state index is 12.7. The number of halogens is 2. The fourth-order valence-corrected chi connectivity index (χ4v) is 1.50. The summed E-state index contributed by atoms with van der Waals surface area (Å²) in [5.41, 5.74) is 0.797. The Bertz CT molecular complexity index is 432. The minimum absolute atomic E-state index is 0.0577. The number of ether oxygens (including phenoxy) is 1. The minimum Gasteiger partial charge on any atom is -0.445 e. The van der Waals surface area contributed by atoms with Crippen molar-refractivity contribution >= 4 is 12.4 Å². The standard InChI is InChI=1S/C14H17F2NO3/c1-14(15,16)8-7-12(9-18)17-13(19)20-10-11-5-3-2-4-6-11/h2-6,9,12H,7-8,10H2,1H3,(H,17,19). The second kappa shape index (κ2) is 7.57. The van der Waals surface area contributed by atoms with Gasteiger partial charge in [-0.3, -0.25) is 0 Å². The van der Waals surface area contributed by atoms with Crippen LogP contribution in [-0.4, -0.2) is 24.3 Å². The maximum absolute atomic E-state index is 12.7. The zero-order valence-corrected chi connectivity index (χ0v) is 11.1. The van der Waals surface area contributed by atoms with E-state index in [1.165, 1.54) is 0 Å². The number of carbonyl (C=O) groups is 2. The van der Waals surface area contributed by atoms with Crippen LogP contribution in [0.3, 0.4) is 0 Å². The van der Waals surface area contributed by atoms with Crippen LogP contribution < -0.4 is 5.32 Å². The molecule has 0 bridgehead atoms. The lowest BCUT2D eigenvalue weighted by Crippen LogP contribution is -2.37. The molecule has 0 saturated carbocycles. The molecule has 1 atom stereocenters. The van der Waals surface area contributed by atoms with Gasteiger partial charge in [0.2, 0.25) is 5.92 Å². The van der Waals surface area contributed by atoms with Crippen molar-refractivity contribution in [3.05, 3.63) is 35.9 Å². The van der Waals surface area contributed by atoms with E-state index < -0.39 is 24.5 Å². The molecule has 0 saturated heterocycles. The van der Waals surface area contributed by atoms with Crippen LogP contribution >= 0.6 is 0 Å². The Morgan fingerprint density at radius 2 is 2.05 bits per heavy atom. The highest BCUT2D eigenvalue weighted by molar-refractivity contribution is 5.73. The lowest BCUT2D eigenvalue weighted by atomic mass is 10.1. The molecule has 0 aliphatic carbocycles. The quantitative estimate of drug-likeness (QED) is 0.784. The molecule has 1 N–H and O–H groups in total. The average molecular weight is 285 g/mol. The zero-order chi connectivity index (χ0) is 15.0. The second-order valence-electron chi connectivity index (χ2n) is 4.56. The highest BCUT2D eigenvalue weighted by Gasteiger charge is 2.23. The van der Waals surface area contributed by atoms with E-state index in [1.54, 1.807) is 24.3 Å². The molecule has 1 amide bonds. The van der Waals surface area contributed by atoms with Crippen LogP contribution in [0.25, 0.3) is 0 Å². The Kier molecular flexibility index (Phi) is 6.09. The lowest BCUT2D eigenvalue weighted by molar-refractivity contribution is -0.110. The van der Waals surface area contributed by atoms with Crippen LogP contribution in [0.5, 0.6) is 0 Å². The van der Waals surface area contributed by atoms with Gasteiger partial charge in [-0.2, -0.15) is 0 Å². The number of hydrogen-bond donors (Lipinski definition) is 1. The van der Waals surface area contributed by atoms with Gasteiger partial charge in [-0.25, -0.2) is 13.6 Å². The summed E-state index contributed by atoms with van der Waals surface area (Å²) in [5, 5.41) is 2.25. The largest absolute Gasteiger partial charge is 0.445 e. The number of alkyl carbamates (subject to hydrolysis) is 1. The van der Waals surface area contributed by atoms with E-state index >= 15 is 0 Å². The Labute approximate surface area is 116 Å². The fourth-order valence-electron chi connectivity index (χ4n) is 1.50. The first-order valence-electron chi connectivity index (χ1n) is 6.21. The monoisotopic (exact) mass is 285 g/mol. The zero-order valence-electron chi connectivity index (χ0n) is 11.1. The van der Waals surface area contributed by atoms with Crippen molar-refractivity contribution in [1.29, 1.82) is 0 Å². The number of hydrogen-bond acceptors (Lipinski definition) is 3. The summed E-state index contributed by atoms with van der Waals surface area (Å²) in [6.45, 7) is 0.824. The Hall–Kier alpha value is -1.98. The van der Waals surface area contributed by atoms with Crippen LogP contribution in [0.4, 0.5) is 13.6 Å².